The fourth-order valence-corrected chi connectivity index (χ4v) is 3.20. The summed E-state index contributed by atoms with van der Waals surface area (Å²) in [4.78, 5) is 40.5. The molecule has 11 heteroatoms. The molecule has 0 bridgehead atoms. The average molecular weight is 451 g/mol. The fourth-order valence-electron chi connectivity index (χ4n) is 3.20. The molecule has 0 unspecified atom stereocenters. The molecule has 0 radical (unpaired) electrons. The number of hydrogen-bond acceptors (Lipinski definition) is 8. The molecule has 2 heterocycles. The third-order valence-corrected chi connectivity index (χ3v) is 4.86. The van der Waals surface area contributed by atoms with E-state index in [9.17, 15) is 14.4 Å². The third-order valence-electron chi connectivity index (χ3n) is 4.86. The van der Waals surface area contributed by atoms with E-state index in [1.165, 1.54) is 6.33 Å². The van der Waals surface area contributed by atoms with Crippen LogP contribution in [-0.2, 0) is 14.3 Å². The number of hydrogen-bond donors (Lipinski definition) is 2. The van der Waals surface area contributed by atoms with Crippen molar-refractivity contribution in [3.05, 3.63) is 61.2 Å². The number of rotatable bonds is 9. The van der Waals surface area contributed by atoms with Crippen LogP contribution in [0.15, 0.2) is 61.2 Å². The minimum Gasteiger partial charge on any atom is -0.467 e. The Kier molecular flexibility index (Phi) is 6.31. The quantitative estimate of drug-likeness (QED) is 0.373. The predicted octanol–water partition coefficient (Wildman–Crippen LogP) is 1.97. The summed E-state index contributed by atoms with van der Waals surface area (Å²) in [5, 5.41) is 8.23. The van der Waals surface area contributed by atoms with E-state index < -0.39 is 23.4 Å². The Morgan fingerprint density at radius 1 is 0.909 bits per heavy atom. The van der Waals surface area contributed by atoms with Crippen LogP contribution in [0.5, 0.6) is 17.2 Å². The Morgan fingerprint density at radius 3 is 2.09 bits per heavy atom. The highest BCUT2D eigenvalue weighted by Gasteiger charge is 2.52. The third kappa shape index (κ3) is 4.83. The maximum atomic E-state index is 12.5. The molecule has 170 valence electrons. The molecule has 11 nitrogen and oxygen atoms in total. The van der Waals surface area contributed by atoms with Crippen LogP contribution in [0.1, 0.15) is 13.3 Å². The van der Waals surface area contributed by atoms with Gasteiger partial charge in [-0.05, 0) is 55.5 Å². The normalized spacial score (nSPS) is 15.0. The van der Waals surface area contributed by atoms with E-state index in [2.05, 4.69) is 20.7 Å². The summed E-state index contributed by atoms with van der Waals surface area (Å²) in [6.07, 6.45) is 2.98. The smallest absolute Gasteiger partial charge is 0.328 e. The lowest BCUT2D eigenvalue weighted by atomic mass is 9.95. The Labute approximate surface area is 188 Å². The largest absolute Gasteiger partial charge is 0.467 e. The van der Waals surface area contributed by atoms with Crippen molar-refractivity contribution in [1.29, 1.82) is 0 Å². The van der Waals surface area contributed by atoms with Crippen molar-refractivity contribution in [3.63, 3.8) is 0 Å². The number of aromatic nitrogens is 3. The zero-order valence-corrected chi connectivity index (χ0v) is 17.7. The van der Waals surface area contributed by atoms with Crippen molar-refractivity contribution < 1.29 is 28.6 Å². The molecule has 33 heavy (non-hydrogen) atoms. The number of nitrogens with zero attached hydrogens (tertiary/aromatic N) is 3. The van der Waals surface area contributed by atoms with E-state index in [1.54, 1.807) is 54.3 Å². The van der Waals surface area contributed by atoms with Gasteiger partial charge in [-0.15, -0.1) is 0 Å². The van der Waals surface area contributed by atoms with Gasteiger partial charge >= 0.3 is 6.03 Å². The van der Waals surface area contributed by atoms with Gasteiger partial charge in [-0.25, -0.2) is 14.5 Å². The van der Waals surface area contributed by atoms with Gasteiger partial charge in [-0.1, -0.05) is 0 Å². The standard InChI is InChI=1S/C22H21N5O6/c1-2-31-12-11-22(19(28)25-21(30)26-20(22)29)33-18-9-7-17(8-10-18)32-16-5-3-15(4-6-16)27-14-23-13-24-27/h3-10,13-14H,2,11-12H2,1H3,(H2,25,26,28,29,30). The molecule has 1 aromatic heterocycles. The number of ether oxygens (including phenoxy) is 3. The summed E-state index contributed by atoms with van der Waals surface area (Å²) in [7, 11) is 0. The van der Waals surface area contributed by atoms with Crippen LogP contribution >= 0.6 is 0 Å². The first-order chi connectivity index (χ1) is 16.0. The highest BCUT2D eigenvalue weighted by atomic mass is 16.5. The number of carbonyl (C=O) groups excluding carboxylic acids is 3. The van der Waals surface area contributed by atoms with Gasteiger partial charge in [0.2, 0.25) is 0 Å². The molecule has 0 aliphatic carbocycles. The maximum absolute atomic E-state index is 12.5. The molecule has 0 spiro atoms. The summed E-state index contributed by atoms with van der Waals surface area (Å²) in [5.41, 5.74) is -1.09. The predicted molar refractivity (Wildman–Crippen MR) is 114 cm³/mol. The SMILES string of the molecule is CCOCCC1(Oc2ccc(Oc3ccc(-n4cncn4)cc3)cc2)C(=O)NC(=O)NC1=O. The number of urea groups is 1. The van der Waals surface area contributed by atoms with E-state index in [-0.39, 0.29) is 18.8 Å². The van der Waals surface area contributed by atoms with Crippen LogP contribution in [0, 0.1) is 0 Å². The molecular formula is C22H21N5O6. The van der Waals surface area contributed by atoms with Gasteiger partial charge in [0.25, 0.3) is 17.4 Å². The summed E-state index contributed by atoms with van der Waals surface area (Å²) in [5.74, 6) is -0.315. The summed E-state index contributed by atoms with van der Waals surface area (Å²) in [6.45, 7) is 2.29. The Morgan fingerprint density at radius 2 is 1.52 bits per heavy atom. The van der Waals surface area contributed by atoms with Gasteiger partial charge < -0.3 is 14.2 Å². The molecule has 4 rings (SSSR count). The molecule has 1 aliphatic heterocycles. The summed E-state index contributed by atoms with van der Waals surface area (Å²) >= 11 is 0. The molecule has 0 atom stereocenters. The van der Waals surface area contributed by atoms with Crippen LogP contribution in [0.2, 0.25) is 0 Å². The lowest BCUT2D eigenvalue weighted by molar-refractivity contribution is -0.153. The van der Waals surface area contributed by atoms with Crippen molar-refractivity contribution >= 4 is 17.8 Å². The van der Waals surface area contributed by atoms with Gasteiger partial charge in [0, 0.05) is 13.0 Å². The highest BCUT2D eigenvalue weighted by Crippen LogP contribution is 2.28. The molecule has 3 aromatic rings. The molecule has 1 aliphatic rings. The molecule has 0 saturated carbocycles. The number of benzene rings is 2. The van der Waals surface area contributed by atoms with Crippen molar-refractivity contribution in [1.82, 2.24) is 25.4 Å². The van der Waals surface area contributed by atoms with Crippen molar-refractivity contribution in [2.45, 2.75) is 18.9 Å². The van der Waals surface area contributed by atoms with Crippen molar-refractivity contribution in [2.75, 3.05) is 13.2 Å². The number of imide groups is 2. The number of carbonyl (C=O) groups is 3. The lowest BCUT2D eigenvalue weighted by Gasteiger charge is -2.34. The van der Waals surface area contributed by atoms with E-state index >= 15 is 0 Å². The monoisotopic (exact) mass is 451 g/mol. The first-order valence-electron chi connectivity index (χ1n) is 10.2. The average Bonchev–Trinajstić information content (AvgIpc) is 3.34. The number of amides is 4. The topological polar surface area (TPSA) is 134 Å². The van der Waals surface area contributed by atoms with Crippen LogP contribution < -0.4 is 20.1 Å². The molecule has 4 amide bonds. The highest BCUT2D eigenvalue weighted by molar-refractivity contribution is 6.21. The number of nitrogens with one attached hydrogen (secondary N) is 2. The maximum Gasteiger partial charge on any atom is 0.328 e. The van der Waals surface area contributed by atoms with Crippen LogP contribution in [0.4, 0.5) is 4.79 Å². The minimum atomic E-state index is -1.93. The Balaban J connectivity index is 1.46. The zero-order valence-electron chi connectivity index (χ0n) is 17.7. The van der Waals surface area contributed by atoms with E-state index in [0.717, 1.165) is 5.69 Å². The second kappa shape index (κ2) is 9.49. The van der Waals surface area contributed by atoms with Crippen LogP contribution in [0.25, 0.3) is 5.69 Å². The summed E-state index contributed by atoms with van der Waals surface area (Å²) in [6, 6.07) is 12.8. The fraction of sp³-hybridized carbons (Fsp3) is 0.227. The lowest BCUT2D eigenvalue weighted by Crippen LogP contribution is -2.69. The van der Waals surface area contributed by atoms with Gasteiger partial charge in [-0.2, -0.15) is 5.10 Å². The van der Waals surface area contributed by atoms with Gasteiger partial charge in [0.1, 0.15) is 29.9 Å². The number of barbiturate groups is 1. The van der Waals surface area contributed by atoms with Gasteiger partial charge in [-0.3, -0.25) is 20.2 Å². The second-order valence-electron chi connectivity index (χ2n) is 7.02. The van der Waals surface area contributed by atoms with E-state index in [1.807, 2.05) is 12.1 Å². The summed E-state index contributed by atoms with van der Waals surface area (Å²) < 4.78 is 18.5. The Hall–Kier alpha value is -4.25. The van der Waals surface area contributed by atoms with E-state index in [0.29, 0.717) is 18.1 Å². The van der Waals surface area contributed by atoms with Gasteiger partial charge in [0.15, 0.2) is 0 Å². The first-order valence-corrected chi connectivity index (χ1v) is 10.2. The first kappa shape index (κ1) is 22.0. The molecule has 1 saturated heterocycles. The van der Waals surface area contributed by atoms with Gasteiger partial charge in [0.05, 0.1) is 12.3 Å². The molecular weight excluding hydrogens is 430 g/mol. The second-order valence-corrected chi connectivity index (χ2v) is 7.02. The molecule has 2 N–H and O–H groups in total. The molecule has 1 fully saturated rings. The van der Waals surface area contributed by atoms with Crippen molar-refractivity contribution in [2.24, 2.45) is 0 Å². The zero-order chi connectivity index (χ0) is 23.3. The van der Waals surface area contributed by atoms with Crippen LogP contribution in [-0.4, -0.2) is 51.4 Å². The Bertz CT molecular complexity index is 1110. The van der Waals surface area contributed by atoms with Crippen LogP contribution in [0.3, 0.4) is 0 Å². The van der Waals surface area contributed by atoms with E-state index in [4.69, 9.17) is 14.2 Å². The molecule has 2 aromatic carbocycles. The van der Waals surface area contributed by atoms with Crippen molar-refractivity contribution in [3.8, 4) is 22.9 Å². The minimum absolute atomic E-state index is 0.0673.